The van der Waals surface area contributed by atoms with Crippen molar-refractivity contribution in [3.05, 3.63) is 126 Å². The molecular formula is C38H19N3O2. The quantitative estimate of drug-likeness (QED) is 0.215. The molecule has 198 valence electrons. The van der Waals surface area contributed by atoms with E-state index >= 15 is 0 Å². The van der Waals surface area contributed by atoms with Gasteiger partial charge in [-0.05, 0) is 35.9 Å². The predicted molar refractivity (Wildman–Crippen MR) is 170 cm³/mol. The zero-order chi connectivity index (χ0) is 28.7. The van der Waals surface area contributed by atoms with Crippen molar-refractivity contribution in [1.82, 2.24) is 4.57 Å². The van der Waals surface area contributed by atoms with Crippen molar-refractivity contribution < 1.29 is 8.83 Å². The van der Waals surface area contributed by atoms with Gasteiger partial charge in [0.15, 0.2) is 5.58 Å². The zero-order valence-corrected chi connectivity index (χ0v) is 22.6. The van der Waals surface area contributed by atoms with Gasteiger partial charge in [0.2, 0.25) is 0 Å². The summed E-state index contributed by atoms with van der Waals surface area (Å²) in [6, 6.07) is 42.7. The van der Waals surface area contributed by atoms with Crippen LogP contribution in [0.25, 0.3) is 82.5 Å². The van der Waals surface area contributed by atoms with E-state index in [0.29, 0.717) is 38.9 Å². The van der Waals surface area contributed by atoms with E-state index in [1.165, 1.54) is 0 Å². The van der Waals surface area contributed by atoms with Crippen LogP contribution in [0.5, 0.6) is 0 Å². The van der Waals surface area contributed by atoms with E-state index in [-0.39, 0.29) is 0 Å². The van der Waals surface area contributed by atoms with Crippen molar-refractivity contribution in [3.63, 3.8) is 0 Å². The van der Waals surface area contributed by atoms with Crippen LogP contribution >= 0.6 is 0 Å². The Balaban J connectivity index is 1.56. The second kappa shape index (κ2) is 8.60. The van der Waals surface area contributed by atoms with Gasteiger partial charge in [-0.25, -0.2) is 0 Å². The summed E-state index contributed by atoms with van der Waals surface area (Å²) in [5, 5.41) is 27.1. The third-order valence-electron chi connectivity index (χ3n) is 8.49. The van der Waals surface area contributed by atoms with Gasteiger partial charge in [0.1, 0.15) is 34.6 Å². The standard InChI is InChI=1S/C38H19N3O2/c39-20-27-33(22-10-2-1-3-11-22)28(21-40)36(38-34(27)26-14-6-9-17-32(26)43-38)41-29-15-7-4-13-25(29)35-30(41)19-18-24-23-12-5-8-16-31(23)42-37(24)35/h1-19H. The van der Waals surface area contributed by atoms with E-state index < -0.39 is 0 Å². The molecule has 0 spiro atoms. The fourth-order valence-electron chi connectivity index (χ4n) is 6.75. The van der Waals surface area contributed by atoms with Crippen LogP contribution in [0, 0.1) is 22.7 Å². The highest BCUT2D eigenvalue weighted by atomic mass is 16.3. The Morgan fingerprint density at radius 3 is 1.88 bits per heavy atom. The number of nitriles is 2. The summed E-state index contributed by atoms with van der Waals surface area (Å²) >= 11 is 0. The molecule has 0 bridgehead atoms. The molecule has 3 heterocycles. The molecule has 6 aromatic carbocycles. The lowest BCUT2D eigenvalue weighted by molar-refractivity contribution is 0.666. The number of benzene rings is 6. The molecule has 0 radical (unpaired) electrons. The average Bonchev–Trinajstić information content (AvgIpc) is 3.73. The molecule has 43 heavy (non-hydrogen) atoms. The van der Waals surface area contributed by atoms with E-state index in [1.54, 1.807) is 0 Å². The van der Waals surface area contributed by atoms with E-state index in [0.717, 1.165) is 54.7 Å². The third-order valence-corrected chi connectivity index (χ3v) is 8.49. The van der Waals surface area contributed by atoms with Crippen molar-refractivity contribution in [2.45, 2.75) is 0 Å². The monoisotopic (exact) mass is 549 g/mol. The maximum absolute atomic E-state index is 10.9. The van der Waals surface area contributed by atoms with Gasteiger partial charge in [-0.2, -0.15) is 10.5 Å². The van der Waals surface area contributed by atoms with Crippen molar-refractivity contribution in [3.8, 4) is 29.0 Å². The first-order chi connectivity index (χ1) is 21.3. The molecule has 0 atom stereocenters. The van der Waals surface area contributed by atoms with Crippen molar-refractivity contribution in [2.24, 2.45) is 0 Å². The van der Waals surface area contributed by atoms with Crippen LogP contribution in [0.3, 0.4) is 0 Å². The molecule has 0 N–H and O–H groups in total. The number of nitrogens with zero attached hydrogens (tertiary/aromatic N) is 3. The molecule has 0 aliphatic heterocycles. The van der Waals surface area contributed by atoms with Gasteiger partial charge >= 0.3 is 0 Å². The molecule has 0 fully saturated rings. The Labute approximate surface area is 244 Å². The van der Waals surface area contributed by atoms with E-state index in [2.05, 4.69) is 47.0 Å². The third kappa shape index (κ3) is 3.03. The minimum absolute atomic E-state index is 0.377. The number of rotatable bonds is 2. The van der Waals surface area contributed by atoms with Gasteiger partial charge in [-0.3, -0.25) is 0 Å². The number of hydrogen-bond donors (Lipinski definition) is 0. The minimum Gasteiger partial charge on any atom is -0.455 e. The second-order valence-electron chi connectivity index (χ2n) is 10.7. The Kier molecular flexibility index (Phi) is 4.68. The number of furan rings is 2. The Morgan fingerprint density at radius 2 is 1.12 bits per heavy atom. The van der Waals surface area contributed by atoms with Gasteiger partial charge in [0.25, 0.3) is 0 Å². The fraction of sp³-hybridized carbons (Fsp3) is 0. The second-order valence-corrected chi connectivity index (χ2v) is 10.7. The smallest absolute Gasteiger partial charge is 0.162 e. The van der Waals surface area contributed by atoms with Crippen LogP contribution in [-0.4, -0.2) is 4.57 Å². The summed E-state index contributed by atoms with van der Waals surface area (Å²) in [6.07, 6.45) is 0. The van der Waals surface area contributed by atoms with Crippen LogP contribution in [-0.2, 0) is 0 Å². The molecule has 0 saturated heterocycles. The maximum atomic E-state index is 10.9. The molecule has 9 rings (SSSR count). The Bertz CT molecular complexity index is 2690. The van der Waals surface area contributed by atoms with Crippen LogP contribution < -0.4 is 0 Å². The van der Waals surface area contributed by atoms with Gasteiger partial charge < -0.3 is 13.4 Å². The van der Waals surface area contributed by atoms with Crippen LogP contribution in [0.4, 0.5) is 0 Å². The van der Waals surface area contributed by atoms with E-state index in [9.17, 15) is 10.5 Å². The molecule has 0 aliphatic rings. The first kappa shape index (κ1) is 23.4. The normalized spacial score (nSPS) is 11.7. The highest BCUT2D eigenvalue weighted by molar-refractivity contribution is 6.25. The van der Waals surface area contributed by atoms with Gasteiger partial charge in [0, 0.05) is 32.5 Å². The molecule has 0 unspecified atom stereocenters. The Hall–Kier alpha value is -6.30. The van der Waals surface area contributed by atoms with Gasteiger partial charge in [-0.1, -0.05) is 84.9 Å². The fourth-order valence-corrected chi connectivity index (χ4v) is 6.75. The first-order valence-corrected chi connectivity index (χ1v) is 14.0. The lowest BCUT2D eigenvalue weighted by Crippen LogP contribution is -2.03. The lowest BCUT2D eigenvalue weighted by Gasteiger charge is -2.16. The van der Waals surface area contributed by atoms with E-state index in [4.69, 9.17) is 8.83 Å². The zero-order valence-electron chi connectivity index (χ0n) is 22.6. The topological polar surface area (TPSA) is 78.8 Å². The number of aromatic nitrogens is 1. The van der Waals surface area contributed by atoms with Crippen LogP contribution in [0.15, 0.2) is 124 Å². The summed E-state index contributed by atoms with van der Waals surface area (Å²) in [7, 11) is 0. The molecule has 3 aromatic heterocycles. The molecule has 0 saturated carbocycles. The molecular weight excluding hydrogens is 530 g/mol. The van der Waals surface area contributed by atoms with Crippen molar-refractivity contribution >= 4 is 65.7 Å². The predicted octanol–water partition coefficient (Wildman–Crippen LogP) is 9.99. The SMILES string of the molecule is N#Cc1c(-c2ccccc2)c(C#N)c2c(oc3ccccc32)c1-n1c2ccccc2c2c3oc4ccccc4c3ccc21. The molecule has 0 amide bonds. The van der Waals surface area contributed by atoms with Crippen LogP contribution in [0.1, 0.15) is 11.1 Å². The molecule has 0 aliphatic carbocycles. The largest absolute Gasteiger partial charge is 0.455 e. The average molecular weight is 550 g/mol. The molecule has 5 heteroatoms. The summed E-state index contributed by atoms with van der Waals surface area (Å²) in [5.74, 6) is 0. The number of hydrogen-bond acceptors (Lipinski definition) is 4. The summed E-state index contributed by atoms with van der Waals surface area (Å²) in [5.41, 5.74) is 7.36. The van der Waals surface area contributed by atoms with Crippen LogP contribution in [0.2, 0.25) is 0 Å². The lowest BCUT2D eigenvalue weighted by atomic mass is 9.90. The summed E-state index contributed by atoms with van der Waals surface area (Å²) in [4.78, 5) is 0. The highest BCUT2D eigenvalue weighted by Gasteiger charge is 2.29. The number of fused-ring (bicyclic) bond motifs is 10. The minimum atomic E-state index is 0.377. The maximum Gasteiger partial charge on any atom is 0.162 e. The molecule has 9 aromatic rings. The van der Waals surface area contributed by atoms with Gasteiger partial charge in [0.05, 0.1) is 27.5 Å². The van der Waals surface area contributed by atoms with Gasteiger partial charge in [-0.15, -0.1) is 0 Å². The number of para-hydroxylation sites is 3. The van der Waals surface area contributed by atoms with Crippen molar-refractivity contribution in [1.29, 1.82) is 10.5 Å². The summed E-state index contributed by atoms with van der Waals surface area (Å²) < 4.78 is 15.2. The first-order valence-electron chi connectivity index (χ1n) is 14.0. The van der Waals surface area contributed by atoms with E-state index in [1.807, 2.05) is 84.9 Å². The molecule has 5 nitrogen and oxygen atoms in total. The summed E-state index contributed by atoms with van der Waals surface area (Å²) in [6.45, 7) is 0. The Morgan fingerprint density at radius 1 is 0.488 bits per heavy atom. The highest BCUT2D eigenvalue weighted by Crippen LogP contribution is 2.47. The van der Waals surface area contributed by atoms with Crippen molar-refractivity contribution in [2.75, 3.05) is 0 Å².